The average molecular weight is 877 g/mol. The smallest absolute Gasteiger partial charge is 0.470 e. The van der Waals surface area contributed by atoms with E-state index in [0.29, 0.717) is 11.0 Å². The van der Waals surface area contributed by atoms with E-state index in [2.05, 4.69) is 27.1 Å². The molecule has 0 aliphatic heterocycles. The molecular formula is C16H37NO28P6. The number of carboxylic acid groups (broad SMARTS) is 1. The molecule has 0 saturated heterocycles. The molecule has 1 saturated carbocycles. The quantitative estimate of drug-likeness (QED) is 0.0355. The molecule has 35 heteroatoms. The summed E-state index contributed by atoms with van der Waals surface area (Å²) in [6.07, 6.45) is -19.5. The molecule has 0 spiro atoms. The number of ether oxygens (including phenoxy) is 1. The number of rotatable bonds is 18. The first-order valence-electron chi connectivity index (χ1n) is 12.9. The molecule has 1 atom stereocenters. The summed E-state index contributed by atoms with van der Waals surface area (Å²) in [6.45, 7) is 2.13. The Balaban J connectivity index is 0.00000139. The van der Waals surface area contributed by atoms with E-state index >= 15 is 0 Å². The number of carbonyl (C=O) groups excluding carboxylic acids is 2. The molecule has 0 bridgehead atoms. The topological polar surface area (TPSA) is 467 Å². The second-order valence-electron chi connectivity index (χ2n) is 10.9. The Morgan fingerprint density at radius 3 is 0.902 bits per heavy atom. The SMILES string of the molecule is CCC(=O)OC(CC(=O)[O-])C[N+](C)(C)C.O=P(O)(O)OC1C(OP(=O)(O)O)C(OP(=O)(O)O)C(OP(=O)(O)O)C(OP(=O)(O)O)C1OP(=O)(O)O. The van der Waals surface area contributed by atoms with Crippen molar-refractivity contribution in [3.05, 3.63) is 0 Å². The number of phosphoric ester groups is 6. The lowest BCUT2D eigenvalue weighted by atomic mass is 9.85. The van der Waals surface area contributed by atoms with E-state index < -0.39 is 95.6 Å². The Morgan fingerprint density at radius 1 is 0.549 bits per heavy atom. The van der Waals surface area contributed by atoms with Crippen LogP contribution in [0.3, 0.4) is 0 Å². The Morgan fingerprint density at radius 2 is 0.765 bits per heavy atom. The number of quaternary nitrogens is 1. The lowest BCUT2D eigenvalue weighted by molar-refractivity contribution is -0.873. The van der Waals surface area contributed by atoms with Gasteiger partial charge in [0.2, 0.25) is 0 Å². The Bertz CT molecular complexity index is 1230. The third kappa shape index (κ3) is 23.8. The van der Waals surface area contributed by atoms with Gasteiger partial charge in [-0.2, -0.15) is 0 Å². The van der Waals surface area contributed by atoms with Gasteiger partial charge in [0.1, 0.15) is 43.2 Å². The van der Waals surface area contributed by atoms with Crippen molar-refractivity contribution in [3.63, 3.8) is 0 Å². The second kappa shape index (κ2) is 18.9. The van der Waals surface area contributed by atoms with Crippen molar-refractivity contribution in [2.75, 3.05) is 27.7 Å². The number of phosphoric acid groups is 6. The molecule has 0 radical (unpaired) electrons. The predicted octanol–water partition coefficient (Wildman–Crippen LogP) is -3.98. The first kappa shape index (κ1) is 50.6. The van der Waals surface area contributed by atoms with E-state index in [0.717, 1.165) is 0 Å². The van der Waals surface area contributed by atoms with Gasteiger partial charge in [-0.25, -0.2) is 27.4 Å². The third-order valence-electron chi connectivity index (χ3n) is 5.23. The van der Waals surface area contributed by atoms with Crippen LogP contribution in [-0.2, 0) is 68.9 Å². The number of carbonyl (C=O) groups is 2. The van der Waals surface area contributed by atoms with Crippen LogP contribution in [0, 0.1) is 0 Å². The average Bonchev–Trinajstić information content (AvgIpc) is 2.80. The number of esters is 1. The standard InChI is InChI=1S/C10H19NO4.C6H18O24P6/c1-5-10(14)15-8(6-9(12)13)7-11(2,3)4;7-31(8,9)25-1-2(26-32(10,11)12)4(28-34(16,17)18)6(30-36(22,23)24)5(29-35(19,20)21)3(1)27-33(13,14)15/h8H,5-7H2,1-4H3;1-6H,(H2,7,8,9)(H2,10,11,12)(H2,13,14,15)(H2,16,17,18)(H2,19,20,21)(H2,22,23,24). The summed E-state index contributed by atoms with van der Waals surface area (Å²) in [5.41, 5.74) is 0. The minimum atomic E-state index is -6.02. The van der Waals surface area contributed by atoms with Crippen LogP contribution in [-0.4, -0.2) is 146 Å². The molecule has 1 aliphatic rings. The highest BCUT2D eigenvalue weighted by atomic mass is 31.2. The van der Waals surface area contributed by atoms with Crippen LogP contribution in [0.2, 0.25) is 0 Å². The molecule has 304 valence electrons. The lowest BCUT2D eigenvalue weighted by Gasteiger charge is -2.48. The van der Waals surface area contributed by atoms with Gasteiger partial charge in [0.15, 0.2) is 6.10 Å². The minimum Gasteiger partial charge on any atom is -0.550 e. The minimum absolute atomic E-state index is 0.249. The lowest BCUT2D eigenvalue weighted by Crippen LogP contribution is -2.66. The van der Waals surface area contributed by atoms with E-state index in [1.807, 2.05) is 21.1 Å². The van der Waals surface area contributed by atoms with E-state index in [9.17, 15) is 42.1 Å². The van der Waals surface area contributed by atoms with Crippen LogP contribution in [0.1, 0.15) is 19.8 Å². The molecule has 0 amide bonds. The fourth-order valence-corrected chi connectivity index (χ4v) is 7.34. The van der Waals surface area contributed by atoms with Crippen molar-refractivity contribution >= 4 is 58.9 Å². The summed E-state index contributed by atoms with van der Waals surface area (Å²) in [6, 6.07) is 0. The normalized spacial score (nSPS) is 24.6. The number of carboxylic acids is 1. The van der Waals surface area contributed by atoms with Crippen LogP contribution < -0.4 is 5.11 Å². The molecule has 1 rings (SSSR count). The highest BCUT2D eigenvalue weighted by molar-refractivity contribution is 7.47. The molecule has 51 heavy (non-hydrogen) atoms. The first-order valence-corrected chi connectivity index (χ1v) is 22.1. The number of hydrogen-bond acceptors (Lipinski definition) is 16. The first-order chi connectivity index (χ1) is 22.3. The summed E-state index contributed by atoms with van der Waals surface area (Å²) < 4.78 is 98.7. The van der Waals surface area contributed by atoms with Gasteiger partial charge in [0.25, 0.3) is 0 Å². The van der Waals surface area contributed by atoms with E-state index in [4.69, 9.17) is 63.5 Å². The van der Waals surface area contributed by atoms with Crippen LogP contribution in [0.5, 0.6) is 0 Å². The highest BCUT2D eigenvalue weighted by Crippen LogP contribution is 2.57. The molecule has 1 fully saturated rings. The summed E-state index contributed by atoms with van der Waals surface area (Å²) in [5, 5.41) is 10.5. The molecule has 1 unspecified atom stereocenters. The van der Waals surface area contributed by atoms with Gasteiger partial charge in [-0.15, -0.1) is 0 Å². The van der Waals surface area contributed by atoms with Crippen molar-refractivity contribution < 1.29 is 137 Å². The predicted molar refractivity (Wildman–Crippen MR) is 154 cm³/mol. The zero-order chi connectivity index (χ0) is 40.8. The van der Waals surface area contributed by atoms with Crippen molar-refractivity contribution in [1.82, 2.24) is 0 Å². The Labute approximate surface area is 286 Å². The molecule has 0 aromatic rings. The molecule has 1 aliphatic carbocycles. The summed E-state index contributed by atoms with van der Waals surface area (Å²) in [5.74, 6) is -1.58. The molecule has 0 heterocycles. The number of hydrogen-bond donors (Lipinski definition) is 12. The van der Waals surface area contributed by atoms with E-state index in [1.54, 1.807) is 6.92 Å². The number of likely N-dealkylation sites (N-methyl/N-ethyl adjacent to an activating group) is 1. The maximum Gasteiger partial charge on any atom is 0.470 e. The van der Waals surface area contributed by atoms with E-state index in [1.165, 1.54) is 0 Å². The molecule has 0 aromatic carbocycles. The molecule has 29 nitrogen and oxygen atoms in total. The van der Waals surface area contributed by atoms with E-state index in [-0.39, 0.29) is 18.8 Å². The Hall–Kier alpha value is -0.440. The van der Waals surface area contributed by atoms with Gasteiger partial charge in [0, 0.05) is 18.8 Å². The van der Waals surface area contributed by atoms with Gasteiger partial charge in [0.05, 0.1) is 21.1 Å². The maximum atomic E-state index is 11.4. The third-order valence-corrected chi connectivity index (χ3v) is 8.34. The summed E-state index contributed by atoms with van der Waals surface area (Å²) in [7, 11) is -30.4. The largest absolute Gasteiger partial charge is 0.550 e. The van der Waals surface area contributed by atoms with Crippen molar-refractivity contribution in [2.24, 2.45) is 0 Å². The van der Waals surface area contributed by atoms with Crippen molar-refractivity contribution in [2.45, 2.75) is 62.5 Å². The van der Waals surface area contributed by atoms with Crippen molar-refractivity contribution in [1.29, 1.82) is 0 Å². The maximum absolute atomic E-state index is 11.4. The fourth-order valence-electron chi connectivity index (χ4n) is 4.00. The molecule has 0 aromatic heterocycles. The van der Waals surface area contributed by atoms with Gasteiger partial charge >= 0.3 is 52.9 Å². The highest BCUT2D eigenvalue weighted by Gasteiger charge is 2.62. The van der Waals surface area contributed by atoms with Crippen molar-refractivity contribution in [3.8, 4) is 0 Å². The van der Waals surface area contributed by atoms with Gasteiger partial charge in [-0.1, -0.05) is 6.92 Å². The molecule has 12 N–H and O–H groups in total. The Kier molecular flexibility index (Phi) is 18.8. The van der Waals surface area contributed by atoms with Crippen LogP contribution in [0.25, 0.3) is 0 Å². The van der Waals surface area contributed by atoms with Gasteiger partial charge in [-0.05, 0) is 0 Å². The zero-order valence-electron chi connectivity index (χ0n) is 26.2. The number of aliphatic carboxylic acids is 1. The second-order valence-corrected chi connectivity index (χ2v) is 18.0. The number of nitrogens with zero attached hydrogens (tertiary/aromatic N) is 1. The zero-order valence-corrected chi connectivity index (χ0v) is 31.6. The van der Waals surface area contributed by atoms with Gasteiger partial charge < -0.3 is 77.8 Å². The monoisotopic (exact) mass is 877 g/mol. The van der Waals surface area contributed by atoms with Crippen LogP contribution in [0.15, 0.2) is 0 Å². The fraction of sp³-hybridized carbons (Fsp3) is 0.875. The summed E-state index contributed by atoms with van der Waals surface area (Å²) >= 11 is 0. The van der Waals surface area contributed by atoms with Gasteiger partial charge in [-0.3, -0.25) is 31.9 Å². The summed E-state index contributed by atoms with van der Waals surface area (Å²) in [4.78, 5) is 131. The molecular weight excluding hydrogens is 840 g/mol. The van der Waals surface area contributed by atoms with Crippen LogP contribution in [0.4, 0.5) is 0 Å². The van der Waals surface area contributed by atoms with Crippen LogP contribution >= 0.6 is 46.9 Å².